The van der Waals surface area contributed by atoms with Crippen LogP contribution in [0.15, 0.2) is 48.6 Å². The summed E-state index contributed by atoms with van der Waals surface area (Å²) in [5, 5.41) is 9.27. The lowest BCUT2D eigenvalue weighted by molar-refractivity contribution is -0.361. The van der Waals surface area contributed by atoms with Crippen LogP contribution in [0.4, 0.5) is 13.2 Å². The Bertz CT molecular complexity index is 491. The number of aliphatic hydroxyl groups excluding tert-OH is 1. The van der Waals surface area contributed by atoms with Crippen molar-refractivity contribution in [2.75, 3.05) is 6.61 Å². The molecule has 2 nitrogen and oxygen atoms in total. The molecule has 0 heterocycles. The van der Waals surface area contributed by atoms with E-state index >= 15 is 0 Å². The molecular formula is C14H13F3O2. The van der Waals surface area contributed by atoms with E-state index in [9.17, 15) is 18.3 Å². The fourth-order valence-electron chi connectivity index (χ4n) is 2.07. The first-order valence-electron chi connectivity index (χ1n) is 5.76. The molecule has 0 amide bonds. The van der Waals surface area contributed by atoms with Crippen LogP contribution in [0.25, 0.3) is 5.57 Å². The molecule has 1 aromatic carbocycles. The summed E-state index contributed by atoms with van der Waals surface area (Å²) in [6.07, 6.45) is -0.362. The molecule has 0 radical (unpaired) electrons. The first-order valence-corrected chi connectivity index (χ1v) is 5.76. The lowest BCUT2D eigenvalue weighted by atomic mass is 9.87. The number of ether oxygens (including phenoxy) is 1. The number of benzene rings is 1. The summed E-state index contributed by atoms with van der Waals surface area (Å²) in [4.78, 5) is 0. The number of alkyl halides is 3. The second-order valence-corrected chi connectivity index (χ2v) is 4.36. The zero-order valence-corrected chi connectivity index (χ0v) is 10.0. The molecule has 1 aliphatic rings. The highest BCUT2D eigenvalue weighted by atomic mass is 19.4. The molecule has 0 saturated carbocycles. The first-order chi connectivity index (χ1) is 8.94. The maximum atomic E-state index is 12.4. The monoisotopic (exact) mass is 270 g/mol. The summed E-state index contributed by atoms with van der Waals surface area (Å²) in [6, 6.07) is 9.05. The number of hydrogen-bond acceptors (Lipinski definition) is 2. The van der Waals surface area contributed by atoms with Crippen LogP contribution in [0.5, 0.6) is 0 Å². The lowest BCUT2D eigenvalue weighted by Crippen LogP contribution is -2.41. The Kier molecular flexibility index (Phi) is 3.78. The summed E-state index contributed by atoms with van der Waals surface area (Å²) >= 11 is 0. The van der Waals surface area contributed by atoms with E-state index in [2.05, 4.69) is 4.74 Å². The molecule has 102 valence electrons. The molecule has 0 aromatic heterocycles. The predicted octanol–water partition coefficient (Wildman–Crippen LogP) is 3.30. The molecule has 0 fully saturated rings. The molecule has 0 bridgehead atoms. The van der Waals surface area contributed by atoms with E-state index < -0.39 is 18.6 Å². The van der Waals surface area contributed by atoms with Gasteiger partial charge in [0.1, 0.15) is 5.60 Å². The third kappa shape index (κ3) is 3.45. The summed E-state index contributed by atoms with van der Waals surface area (Å²) in [5.41, 5.74) is -0.227. The van der Waals surface area contributed by atoms with E-state index in [-0.39, 0.29) is 6.42 Å². The molecule has 0 spiro atoms. The Hall–Kier alpha value is -1.59. The molecule has 0 aliphatic heterocycles. The van der Waals surface area contributed by atoms with E-state index in [1.54, 1.807) is 30.3 Å². The molecule has 19 heavy (non-hydrogen) atoms. The van der Waals surface area contributed by atoms with Crippen LogP contribution in [0.2, 0.25) is 0 Å². The fourth-order valence-corrected chi connectivity index (χ4v) is 2.07. The van der Waals surface area contributed by atoms with Crippen LogP contribution < -0.4 is 0 Å². The Balaban J connectivity index is 2.24. The van der Waals surface area contributed by atoms with Gasteiger partial charge in [0.2, 0.25) is 0 Å². The summed E-state index contributed by atoms with van der Waals surface area (Å²) in [6.45, 7) is -0.729. The second kappa shape index (κ2) is 5.19. The van der Waals surface area contributed by atoms with E-state index in [4.69, 9.17) is 0 Å². The Morgan fingerprint density at radius 2 is 1.89 bits per heavy atom. The minimum Gasteiger partial charge on any atom is -0.393 e. The normalized spacial score (nSPS) is 23.3. The van der Waals surface area contributed by atoms with Gasteiger partial charge in [-0.25, -0.2) is 0 Å². The summed E-state index contributed by atoms with van der Waals surface area (Å²) in [5.74, 6) is 0. The fraction of sp³-hybridized carbons (Fsp3) is 0.286. The third-order valence-corrected chi connectivity index (χ3v) is 2.92. The smallest absolute Gasteiger partial charge is 0.393 e. The largest absolute Gasteiger partial charge is 0.523 e. The van der Waals surface area contributed by atoms with Crippen molar-refractivity contribution in [3.63, 3.8) is 0 Å². The molecule has 5 heteroatoms. The van der Waals surface area contributed by atoms with Gasteiger partial charge in [0.15, 0.2) is 0 Å². The van der Waals surface area contributed by atoms with Crippen LogP contribution in [0.1, 0.15) is 12.0 Å². The average Bonchev–Trinajstić information content (AvgIpc) is 2.38. The van der Waals surface area contributed by atoms with Crippen LogP contribution in [-0.2, 0) is 4.74 Å². The number of hydrogen-bond donors (Lipinski definition) is 1. The van der Waals surface area contributed by atoms with Crippen molar-refractivity contribution in [2.45, 2.75) is 18.4 Å². The summed E-state index contributed by atoms with van der Waals surface area (Å²) in [7, 11) is 0. The van der Waals surface area contributed by atoms with Crippen molar-refractivity contribution in [1.82, 2.24) is 0 Å². The molecule has 2 rings (SSSR count). The average molecular weight is 270 g/mol. The molecule has 0 saturated heterocycles. The van der Waals surface area contributed by atoms with Gasteiger partial charge in [0, 0.05) is 6.42 Å². The zero-order valence-electron chi connectivity index (χ0n) is 10.0. The van der Waals surface area contributed by atoms with Gasteiger partial charge in [0.25, 0.3) is 0 Å². The molecule has 1 unspecified atom stereocenters. The predicted molar refractivity (Wildman–Crippen MR) is 65.1 cm³/mol. The highest BCUT2D eigenvalue weighted by molar-refractivity contribution is 5.69. The SMILES string of the molecule is OCC1(OC(F)(F)F)C=CC=C(c2ccccc2)C1. The number of rotatable bonds is 3. The molecule has 1 N–H and O–H groups in total. The van der Waals surface area contributed by atoms with Crippen molar-refractivity contribution >= 4 is 5.57 Å². The number of aliphatic hydroxyl groups is 1. The molecule has 1 atom stereocenters. The minimum atomic E-state index is -4.79. The topological polar surface area (TPSA) is 29.5 Å². The van der Waals surface area contributed by atoms with Crippen LogP contribution in [0, 0.1) is 0 Å². The van der Waals surface area contributed by atoms with Gasteiger partial charge >= 0.3 is 6.36 Å². The van der Waals surface area contributed by atoms with Crippen LogP contribution in [0.3, 0.4) is 0 Å². The Morgan fingerprint density at radius 3 is 2.47 bits per heavy atom. The number of allylic oxidation sites excluding steroid dienone is 2. The summed E-state index contributed by atoms with van der Waals surface area (Å²) < 4.78 is 41.3. The second-order valence-electron chi connectivity index (χ2n) is 4.36. The minimum absolute atomic E-state index is 0.0243. The Labute approximate surface area is 108 Å². The molecule has 1 aliphatic carbocycles. The van der Waals surface area contributed by atoms with E-state index in [0.717, 1.165) is 5.56 Å². The quantitative estimate of drug-likeness (QED) is 0.913. The van der Waals surface area contributed by atoms with Gasteiger partial charge in [-0.1, -0.05) is 42.5 Å². The first kappa shape index (κ1) is 13.8. The van der Waals surface area contributed by atoms with Crippen molar-refractivity contribution < 1.29 is 23.0 Å². The lowest BCUT2D eigenvalue weighted by Gasteiger charge is -2.32. The van der Waals surface area contributed by atoms with E-state index in [1.165, 1.54) is 12.2 Å². The zero-order chi connectivity index (χ0) is 13.9. The maximum absolute atomic E-state index is 12.4. The van der Waals surface area contributed by atoms with Gasteiger partial charge in [-0.2, -0.15) is 0 Å². The highest BCUT2D eigenvalue weighted by Gasteiger charge is 2.43. The van der Waals surface area contributed by atoms with Crippen LogP contribution in [-0.4, -0.2) is 23.7 Å². The maximum Gasteiger partial charge on any atom is 0.523 e. The molecular weight excluding hydrogens is 257 g/mol. The van der Waals surface area contributed by atoms with Gasteiger partial charge < -0.3 is 5.11 Å². The molecule has 1 aromatic rings. The van der Waals surface area contributed by atoms with Gasteiger partial charge in [0.05, 0.1) is 6.61 Å². The van der Waals surface area contributed by atoms with Crippen molar-refractivity contribution in [3.8, 4) is 0 Å². The number of halogens is 3. The van der Waals surface area contributed by atoms with Gasteiger partial charge in [-0.15, -0.1) is 13.2 Å². The van der Waals surface area contributed by atoms with E-state index in [1.807, 2.05) is 6.07 Å². The van der Waals surface area contributed by atoms with Crippen molar-refractivity contribution in [2.24, 2.45) is 0 Å². The van der Waals surface area contributed by atoms with Gasteiger partial charge in [-0.3, -0.25) is 4.74 Å². The Morgan fingerprint density at radius 1 is 1.21 bits per heavy atom. The van der Waals surface area contributed by atoms with E-state index in [0.29, 0.717) is 5.57 Å². The third-order valence-electron chi connectivity index (χ3n) is 2.92. The van der Waals surface area contributed by atoms with Gasteiger partial charge in [-0.05, 0) is 17.2 Å². The van der Waals surface area contributed by atoms with Crippen molar-refractivity contribution in [3.05, 3.63) is 54.1 Å². The highest BCUT2D eigenvalue weighted by Crippen LogP contribution is 2.36. The van der Waals surface area contributed by atoms with Crippen LogP contribution >= 0.6 is 0 Å². The standard InChI is InChI=1S/C14H13F3O2/c15-14(16,17)19-13(10-18)8-4-7-12(9-13)11-5-2-1-3-6-11/h1-8,18H,9-10H2. The van der Waals surface area contributed by atoms with Crippen molar-refractivity contribution in [1.29, 1.82) is 0 Å².